The van der Waals surface area contributed by atoms with Crippen molar-refractivity contribution in [2.24, 2.45) is 5.41 Å². The minimum Gasteiger partial charge on any atom is -0.334 e. The topological polar surface area (TPSA) is 29.9 Å². The lowest BCUT2D eigenvalue weighted by Crippen LogP contribution is -2.39. The largest absolute Gasteiger partial charge is 0.334 e. The molecule has 1 aromatic rings. The molecule has 3 nitrogen and oxygen atoms in total. The van der Waals surface area contributed by atoms with E-state index in [-0.39, 0.29) is 0 Å². The molecule has 1 aliphatic carbocycles. The zero-order chi connectivity index (χ0) is 11.4. The van der Waals surface area contributed by atoms with E-state index in [0.29, 0.717) is 5.41 Å². The number of hydrogen-bond acceptors (Lipinski definition) is 2. The Labute approximate surface area is 98.3 Å². The lowest BCUT2D eigenvalue weighted by atomic mass is 9.67. The third-order valence-corrected chi connectivity index (χ3v) is 4.11. The predicted molar refractivity (Wildman–Crippen MR) is 66.2 cm³/mol. The minimum atomic E-state index is 0.608. The van der Waals surface area contributed by atoms with Crippen molar-refractivity contribution >= 4 is 0 Å². The van der Waals surface area contributed by atoms with Crippen molar-refractivity contribution in [1.82, 2.24) is 14.9 Å². The molecule has 16 heavy (non-hydrogen) atoms. The number of aromatic nitrogens is 2. The van der Waals surface area contributed by atoms with Gasteiger partial charge < -0.3 is 9.88 Å². The Balaban J connectivity index is 1.79. The van der Waals surface area contributed by atoms with Crippen molar-refractivity contribution in [3.63, 3.8) is 0 Å². The summed E-state index contributed by atoms with van der Waals surface area (Å²) in [5, 5.41) is 3.60. The standard InChI is InChI=1S/C13H23N3/c1-3-13(6-5-7-13)10-14-8-12-9-15-11-16(12)4-2/h9,11,14H,3-8,10H2,1-2H3. The van der Waals surface area contributed by atoms with Crippen LogP contribution in [0.5, 0.6) is 0 Å². The van der Waals surface area contributed by atoms with Gasteiger partial charge in [0, 0.05) is 25.8 Å². The zero-order valence-corrected chi connectivity index (χ0v) is 10.5. The maximum atomic E-state index is 4.19. The second-order valence-electron chi connectivity index (χ2n) is 4.98. The van der Waals surface area contributed by atoms with Crippen molar-refractivity contribution in [2.75, 3.05) is 6.54 Å². The van der Waals surface area contributed by atoms with Gasteiger partial charge in [0.2, 0.25) is 0 Å². The summed E-state index contributed by atoms with van der Waals surface area (Å²) in [6, 6.07) is 0. The summed E-state index contributed by atoms with van der Waals surface area (Å²) in [7, 11) is 0. The van der Waals surface area contributed by atoms with Crippen molar-refractivity contribution in [2.45, 2.75) is 52.6 Å². The molecule has 0 aromatic carbocycles. The molecule has 1 fully saturated rings. The summed E-state index contributed by atoms with van der Waals surface area (Å²) in [6.07, 6.45) is 9.42. The van der Waals surface area contributed by atoms with Crippen molar-refractivity contribution in [3.8, 4) is 0 Å². The fourth-order valence-corrected chi connectivity index (χ4v) is 2.57. The minimum absolute atomic E-state index is 0.608. The molecule has 0 unspecified atom stereocenters. The molecule has 90 valence electrons. The van der Waals surface area contributed by atoms with E-state index >= 15 is 0 Å². The lowest BCUT2D eigenvalue weighted by molar-refractivity contribution is 0.123. The molecule has 1 heterocycles. The van der Waals surface area contributed by atoms with E-state index in [1.165, 1.54) is 37.9 Å². The van der Waals surface area contributed by atoms with E-state index in [0.717, 1.165) is 13.1 Å². The van der Waals surface area contributed by atoms with Crippen LogP contribution in [0, 0.1) is 5.41 Å². The Kier molecular flexibility index (Phi) is 3.64. The van der Waals surface area contributed by atoms with Gasteiger partial charge in [0.05, 0.1) is 12.0 Å². The van der Waals surface area contributed by atoms with Crippen molar-refractivity contribution < 1.29 is 0 Å². The maximum Gasteiger partial charge on any atom is 0.0948 e. The van der Waals surface area contributed by atoms with Crippen LogP contribution < -0.4 is 5.32 Å². The quantitative estimate of drug-likeness (QED) is 0.800. The number of hydrogen-bond donors (Lipinski definition) is 1. The summed E-state index contributed by atoms with van der Waals surface area (Å²) in [6.45, 7) is 7.60. The Morgan fingerprint density at radius 3 is 2.81 bits per heavy atom. The van der Waals surface area contributed by atoms with E-state index < -0.39 is 0 Å². The van der Waals surface area contributed by atoms with Crippen LogP contribution in [0.15, 0.2) is 12.5 Å². The average Bonchev–Trinajstić information content (AvgIpc) is 2.69. The van der Waals surface area contributed by atoms with Crippen LogP contribution in [0.1, 0.15) is 45.2 Å². The van der Waals surface area contributed by atoms with Crippen LogP contribution in [0.25, 0.3) is 0 Å². The van der Waals surface area contributed by atoms with Gasteiger partial charge in [0.15, 0.2) is 0 Å². The van der Waals surface area contributed by atoms with Crippen LogP contribution in [-0.4, -0.2) is 16.1 Å². The first-order valence-corrected chi connectivity index (χ1v) is 6.49. The molecular formula is C13H23N3. The highest BCUT2D eigenvalue weighted by molar-refractivity contribution is 4.98. The lowest BCUT2D eigenvalue weighted by Gasteiger charge is -2.41. The van der Waals surface area contributed by atoms with E-state index in [9.17, 15) is 0 Å². The molecule has 1 saturated carbocycles. The third-order valence-electron chi connectivity index (χ3n) is 4.11. The van der Waals surface area contributed by atoms with Crippen molar-refractivity contribution in [1.29, 1.82) is 0 Å². The van der Waals surface area contributed by atoms with E-state index in [1.807, 2.05) is 12.5 Å². The Bertz CT molecular complexity index is 320. The van der Waals surface area contributed by atoms with E-state index in [1.54, 1.807) is 0 Å². The maximum absolute atomic E-state index is 4.19. The molecule has 0 saturated heterocycles. The molecule has 1 aliphatic rings. The summed E-state index contributed by atoms with van der Waals surface area (Å²) >= 11 is 0. The first-order chi connectivity index (χ1) is 7.79. The molecule has 0 radical (unpaired) electrons. The second kappa shape index (κ2) is 5.00. The van der Waals surface area contributed by atoms with Crippen molar-refractivity contribution in [3.05, 3.63) is 18.2 Å². The molecule has 2 rings (SSSR count). The van der Waals surface area contributed by atoms with Gasteiger partial charge in [-0.25, -0.2) is 4.98 Å². The molecule has 3 heteroatoms. The Hall–Kier alpha value is -0.830. The SMILES string of the molecule is CCn1cncc1CNCC1(CC)CCC1. The van der Waals surface area contributed by atoms with Crippen LogP contribution in [0.2, 0.25) is 0 Å². The molecule has 0 amide bonds. The number of nitrogens with one attached hydrogen (secondary N) is 1. The normalized spacial score (nSPS) is 18.4. The average molecular weight is 221 g/mol. The van der Waals surface area contributed by atoms with Gasteiger partial charge >= 0.3 is 0 Å². The molecule has 0 spiro atoms. The predicted octanol–water partition coefficient (Wildman–Crippen LogP) is 2.57. The van der Waals surface area contributed by atoms with E-state index in [2.05, 4.69) is 28.7 Å². The van der Waals surface area contributed by atoms with Gasteiger partial charge in [0.25, 0.3) is 0 Å². The summed E-state index contributed by atoms with van der Waals surface area (Å²) < 4.78 is 2.20. The van der Waals surface area contributed by atoms with Crippen LogP contribution in [0.3, 0.4) is 0 Å². The number of imidazole rings is 1. The van der Waals surface area contributed by atoms with Gasteiger partial charge in [-0.3, -0.25) is 0 Å². The van der Waals surface area contributed by atoms with Crippen LogP contribution >= 0.6 is 0 Å². The molecule has 0 bridgehead atoms. The van der Waals surface area contributed by atoms with Gasteiger partial charge in [-0.1, -0.05) is 13.3 Å². The van der Waals surface area contributed by atoms with Gasteiger partial charge in [-0.15, -0.1) is 0 Å². The number of nitrogens with zero attached hydrogens (tertiary/aromatic N) is 2. The Morgan fingerprint density at radius 2 is 2.25 bits per heavy atom. The van der Waals surface area contributed by atoms with Crippen LogP contribution in [-0.2, 0) is 13.1 Å². The smallest absolute Gasteiger partial charge is 0.0948 e. The highest BCUT2D eigenvalue weighted by Crippen LogP contribution is 2.43. The van der Waals surface area contributed by atoms with Crippen LogP contribution in [0.4, 0.5) is 0 Å². The molecule has 0 atom stereocenters. The number of rotatable bonds is 6. The van der Waals surface area contributed by atoms with E-state index in [4.69, 9.17) is 0 Å². The fourth-order valence-electron chi connectivity index (χ4n) is 2.57. The first-order valence-electron chi connectivity index (χ1n) is 6.49. The molecule has 0 aliphatic heterocycles. The third kappa shape index (κ3) is 2.29. The number of aryl methyl sites for hydroxylation is 1. The summed E-state index contributed by atoms with van der Waals surface area (Å²) in [4.78, 5) is 4.19. The first kappa shape index (κ1) is 11.6. The second-order valence-corrected chi connectivity index (χ2v) is 4.98. The highest BCUT2D eigenvalue weighted by Gasteiger charge is 2.34. The molecule has 1 aromatic heterocycles. The van der Waals surface area contributed by atoms with Gasteiger partial charge in [0.1, 0.15) is 0 Å². The molecule has 1 N–H and O–H groups in total. The zero-order valence-electron chi connectivity index (χ0n) is 10.5. The van der Waals surface area contributed by atoms with Gasteiger partial charge in [-0.05, 0) is 31.6 Å². The Morgan fingerprint density at radius 1 is 1.44 bits per heavy atom. The fraction of sp³-hybridized carbons (Fsp3) is 0.769. The summed E-state index contributed by atoms with van der Waals surface area (Å²) in [5.41, 5.74) is 1.91. The summed E-state index contributed by atoms with van der Waals surface area (Å²) in [5.74, 6) is 0. The molecular weight excluding hydrogens is 198 g/mol. The van der Waals surface area contributed by atoms with Gasteiger partial charge in [-0.2, -0.15) is 0 Å². The highest BCUT2D eigenvalue weighted by atomic mass is 15.1. The monoisotopic (exact) mass is 221 g/mol.